The molecule has 0 saturated heterocycles. The summed E-state index contributed by atoms with van der Waals surface area (Å²) >= 11 is 0. The maximum atomic E-state index is 12.6. The molecule has 3 aromatic rings. The fourth-order valence-corrected chi connectivity index (χ4v) is 2.86. The Morgan fingerprint density at radius 3 is 2.61 bits per heavy atom. The van der Waals surface area contributed by atoms with E-state index in [4.69, 9.17) is 14.9 Å². The van der Waals surface area contributed by atoms with E-state index in [1.807, 2.05) is 0 Å². The molecular formula is C21H23N5O5. The molecule has 2 aromatic heterocycles. The van der Waals surface area contributed by atoms with E-state index in [0.717, 1.165) is 0 Å². The van der Waals surface area contributed by atoms with E-state index < -0.39 is 23.8 Å². The van der Waals surface area contributed by atoms with Crippen LogP contribution in [-0.4, -0.2) is 45.6 Å². The van der Waals surface area contributed by atoms with Crippen LogP contribution in [0.5, 0.6) is 0 Å². The molecule has 0 bridgehead atoms. The molecule has 10 nitrogen and oxygen atoms in total. The van der Waals surface area contributed by atoms with Gasteiger partial charge in [-0.1, -0.05) is 26.0 Å². The zero-order valence-electron chi connectivity index (χ0n) is 17.3. The lowest BCUT2D eigenvalue weighted by Crippen LogP contribution is -2.45. The molecule has 1 aromatic carbocycles. The van der Waals surface area contributed by atoms with Crippen molar-refractivity contribution < 1.29 is 23.5 Å². The van der Waals surface area contributed by atoms with E-state index in [1.54, 1.807) is 45.0 Å². The van der Waals surface area contributed by atoms with Crippen molar-refractivity contribution in [1.29, 1.82) is 0 Å². The number of benzene rings is 1. The summed E-state index contributed by atoms with van der Waals surface area (Å²) in [6.07, 6.45) is 1.29. The average Bonchev–Trinajstić information content (AvgIpc) is 3.42. The molecule has 0 saturated carbocycles. The quantitative estimate of drug-likeness (QED) is 0.467. The van der Waals surface area contributed by atoms with Crippen molar-refractivity contribution in [3.8, 4) is 22.7 Å². The van der Waals surface area contributed by atoms with Crippen LogP contribution < -0.4 is 11.1 Å². The standard InChI is InChI=1S/C21H23N5O5/c1-4-30-21(29)17(11(2)3)24-19(28)16-10-23-20(31-16)13-7-5-6-12(8-13)14-9-15(18(22)27)26-25-14/h5-11,17H,4H2,1-3H3,(H2,22,27)(H,24,28)(H,25,26). The minimum Gasteiger partial charge on any atom is -0.464 e. The smallest absolute Gasteiger partial charge is 0.328 e. The first-order chi connectivity index (χ1) is 14.8. The van der Waals surface area contributed by atoms with E-state index in [9.17, 15) is 14.4 Å². The normalized spacial score (nSPS) is 11.9. The van der Waals surface area contributed by atoms with Crippen molar-refractivity contribution in [3.63, 3.8) is 0 Å². The molecule has 1 atom stereocenters. The zero-order valence-corrected chi connectivity index (χ0v) is 17.3. The molecule has 0 aliphatic heterocycles. The second kappa shape index (κ2) is 9.24. The molecular weight excluding hydrogens is 402 g/mol. The number of hydrogen-bond donors (Lipinski definition) is 3. The number of aromatic amines is 1. The van der Waals surface area contributed by atoms with E-state index >= 15 is 0 Å². The topological polar surface area (TPSA) is 153 Å². The van der Waals surface area contributed by atoms with Gasteiger partial charge in [0.2, 0.25) is 11.7 Å². The Hall–Kier alpha value is -3.95. The van der Waals surface area contributed by atoms with E-state index in [1.165, 1.54) is 12.3 Å². The highest BCUT2D eigenvalue weighted by atomic mass is 16.5. The third-order valence-electron chi connectivity index (χ3n) is 4.47. The predicted octanol–water partition coefficient (Wildman–Crippen LogP) is 2.15. The number of amides is 2. The minimum atomic E-state index is -0.802. The molecule has 4 N–H and O–H groups in total. The van der Waals surface area contributed by atoms with Gasteiger partial charge in [0.15, 0.2) is 0 Å². The first-order valence-electron chi connectivity index (χ1n) is 9.69. The lowest BCUT2D eigenvalue weighted by Gasteiger charge is -2.19. The van der Waals surface area contributed by atoms with Crippen molar-refractivity contribution in [2.75, 3.05) is 6.61 Å². The summed E-state index contributed by atoms with van der Waals surface area (Å²) in [5.74, 6) is -1.67. The minimum absolute atomic E-state index is 0.0360. The fraction of sp³-hybridized carbons (Fsp3) is 0.286. The second-order valence-corrected chi connectivity index (χ2v) is 7.09. The molecule has 0 radical (unpaired) electrons. The van der Waals surface area contributed by atoms with Gasteiger partial charge in [-0.3, -0.25) is 14.7 Å². The summed E-state index contributed by atoms with van der Waals surface area (Å²) in [5, 5.41) is 9.27. The number of nitrogens with two attached hydrogens (primary N) is 1. The summed E-state index contributed by atoms with van der Waals surface area (Å²) in [4.78, 5) is 40.1. The summed E-state index contributed by atoms with van der Waals surface area (Å²) in [6.45, 7) is 5.53. The number of rotatable bonds is 8. The Kier molecular flexibility index (Phi) is 6.49. The molecule has 10 heteroatoms. The number of H-pyrrole nitrogens is 1. The number of carbonyl (C=O) groups excluding carboxylic acids is 3. The molecule has 2 heterocycles. The van der Waals surface area contributed by atoms with Gasteiger partial charge in [0.25, 0.3) is 11.8 Å². The molecule has 0 spiro atoms. The maximum absolute atomic E-state index is 12.6. The first kappa shape index (κ1) is 21.8. The summed E-state index contributed by atoms with van der Waals surface area (Å²) in [7, 11) is 0. The van der Waals surface area contributed by atoms with Crippen molar-refractivity contribution in [2.24, 2.45) is 11.7 Å². The lowest BCUT2D eigenvalue weighted by atomic mass is 10.0. The second-order valence-electron chi connectivity index (χ2n) is 7.09. The Morgan fingerprint density at radius 2 is 1.97 bits per heavy atom. The van der Waals surface area contributed by atoms with Crippen molar-refractivity contribution in [3.05, 3.63) is 48.0 Å². The summed E-state index contributed by atoms with van der Waals surface area (Å²) < 4.78 is 10.6. The number of oxazole rings is 1. The largest absolute Gasteiger partial charge is 0.464 e. The molecule has 31 heavy (non-hydrogen) atoms. The van der Waals surface area contributed by atoms with Crippen LogP contribution in [0.1, 0.15) is 41.8 Å². The monoisotopic (exact) mass is 425 g/mol. The van der Waals surface area contributed by atoms with Gasteiger partial charge in [0, 0.05) is 11.1 Å². The van der Waals surface area contributed by atoms with E-state index in [-0.39, 0.29) is 29.9 Å². The predicted molar refractivity (Wildman–Crippen MR) is 111 cm³/mol. The van der Waals surface area contributed by atoms with Crippen LogP contribution in [0.25, 0.3) is 22.7 Å². The van der Waals surface area contributed by atoms with Gasteiger partial charge in [-0.15, -0.1) is 0 Å². The van der Waals surface area contributed by atoms with E-state index in [0.29, 0.717) is 16.8 Å². The van der Waals surface area contributed by atoms with Gasteiger partial charge in [-0.25, -0.2) is 9.78 Å². The van der Waals surface area contributed by atoms with Crippen molar-refractivity contribution >= 4 is 17.8 Å². The number of primary amides is 1. The number of ether oxygens (including phenoxy) is 1. The average molecular weight is 425 g/mol. The Morgan fingerprint density at radius 1 is 1.23 bits per heavy atom. The zero-order chi connectivity index (χ0) is 22.5. The molecule has 0 aliphatic rings. The third-order valence-corrected chi connectivity index (χ3v) is 4.47. The summed E-state index contributed by atoms with van der Waals surface area (Å²) in [6, 6.07) is 7.81. The summed E-state index contributed by atoms with van der Waals surface area (Å²) in [5.41, 5.74) is 7.26. The maximum Gasteiger partial charge on any atom is 0.328 e. The Bertz CT molecular complexity index is 1100. The van der Waals surface area contributed by atoms with Crippen LogP contribution in [0, 0.1) is 5.92 Å². The highest BCUT2D eigenvalue weighted by Gasteiger charge is 2.27. The number of nitrogens with one attached hydrogen (secondary N) is 2. The molecule has 3 rings (SSSR count). The first-order valence-corrected chi connectivity index (χ1v) is 9.69. The van der Waals surface area contributed by atoms with Crippen molar-refractivity contribution in [1.82, 2.24) is 20.5 Å². The molecule has 2 amide bonds. The van der Waals surface area contributed by atoms with Crippen LogP contribution >= 0.6 is 0 Å². The Labute approximate surface area is 178 Å². The number of nitrogens with zero attached hydrogens (tertiary/aromatic N) is 2. The molecule has 0 fully saturated rings. The lowest BCUT2D eigenvalue weighted by molar-refractivity contribution is -0.146. The van der Waals surface area contributed by atoms with Crippen LogP contribution in [0.2, 0.25) is 0 Å². The highest BCUT2D eigenvalue weighted by molar-refractivity contribution is 5.94. The van der Waals surface area contributed by atoms with Crippen molar-refractivity contribution in [2.45, 2.75) is 26.8 Å². The van der Waals surface area contributed by atoms with Gasteiger partial charge in [-0.05, 0) is 31.0 Å². The number of aromatic nitrogens is 3. The number of esters is 1. The van der Waals surface area contributed by atoms with Crippen LogP contribution in [0.4, 0.5) is 0 Å². The Balaban J connectivity index is 1.79. The molecule has 162 valence electrons. The van der Waals surface area contributed by atoms with Gasteiger partial charge in [-0.2, -0.15) is 5.10 Å². The third kappa shape index (κ3) is 4.97. The SMILES string of the molecule is CCOC(=O)C(NC(=O)c1cnc(-c2cccc(-c3cc(C(N)=O)[nH]n3)c2)o1)C(C)C. The van der Waals surface area contributed by atoms with Gasteiger partial charge in [0.05, 0.1) is 18.5 Å². The van der Waals surface area contributed by atoms with Gasteiger partial charge >= 0.3 is 5.97 Å². The van der Waals surface area contributed by atoms with Gasteiger partial charge < -0.3 is 20.2 Å². The highest BCUT2D eigenvalue weighted by Crippen LogP contribution is 2.25. The van der Waals surface area contributed by atoms with E-state index in [2.05, 4.69) is 20.5 Å². The fourth-order valence-electron chi connectivity index (χ4n) is 2.86. The molecule has 1 unspecified atom stereocenters. The van der Waals surface area contributed by atoms with Gasteiger partial charge in [0.1, 0.15) is 11.7 Å². The molecule has 0 aliphatic carbocycles. The van der Waals surface area contributed by atoms with Crippen LogP contribution in [-0.2, 0) is 9.53 Å². The van der Waals surface area contributed by atoms with Crippen LogP contribution in [0.3, 0.4) is 0 Å². The number of hydrogen-bond acceptors (Lipinski definition) is 7. The van der Waals surface area contributed by atoms with Crippen LogP contribution in [0.15, 0.2) is 40.9 Å². The number of carbonyl (C=O) groups is 3.